The van der Waals surface area contributed by atoms with Gasteiger partial charge in [0.2, 0.25) is 5.91 Å². The molecule has 0 unspecified atom stereocenters. The third kappa shape index (κ3) is 3.90. The van der Waals surface area contributed by atoms with Crippen molar-refractivity contribution in [2.24, 2.45) is 5.92 Å². The van der Waals surface area contributed by atoms with E-state index in [1.54, 1.807) is 16.9 Å². The molecule has 1 aliphatic carbocycles. The Balaban J connectivity index is 1.40. The lowest BCUT2D eigenvalue weighted by Crippen LogP contribution is -2.16. The number of benzene rings is 2. The predicted molar refractivity (Wildman–Crippen MR) is 96.5 cm³/mol. The molecule has 1 N–H and O–H groups in total. The van der Waals surface area contributed by atoms with E-state index in [2.05, 4.69) is 15.6 Å². The molecule has 2 atom stereocenters. The van der Waals surface area contributed by atoms with Gasteiger partial charge in [0.15, 0.2) is 5.82 Å². The normalized spacial score (nSPS) is 18.7. The first-order chi connectivity index (χ1) is 13.4. The summed E-state index contributed by atoms with van der Waals surface area (Å²) < 4.78 is 41.1. The van der Waals surface area contributed by atoms with E-state index >= 15 is 0 Å². The third-order valence-corrected chi connectivity index (χ3v) is 4.77. The largest absolute Gasteiger partial charge is 0.416 e. The molecule has 1 saturated carbocycles. The van der Waals surface area contributed by atoms with Crippen LogP contribution < -0.4 is 5.32 Å². The Morgan fingerprint density at radius 1 is 1.11 bits per heavy atom. The van der Waals surface area contributed by atoms with E-state index in [4.69, 9.17) is 0 Å². The Morgan fingerprint density at radius 2 is 1.82 bits per heavy atom. The smallest absolute Gasteiger partial charge is 0.308 e. The molecular formula is C20H17F3N4O. The minimum absolute atomic E-state index is 0.169. The van der Waals surface area contributed by atoms with Gasteiger partial charge in [0.1, 0.15) is 0 Å². The highest BCUT2D eigenvalue weighted by Gasteiger charge is 2.47. The molecule has 0 bridgehead atoms. The molecule has 28 heavy (non-hydrogen) atoms. The Bertz CT molecular complexity index is 984. The minimum Gasteiger partial charge on any atom is -0.308 e. The number of hydrogen-bond donors (Lipinski definition) is 1. The van der Waals surface area contributed by atoms with E-state index in [0.717, 1.165) is 11.6 Å². The summed E-state index contributed by atoms with van der Waals surface area (Å²) in [6.07, 6.45) is -2.44. The summed E-state index contributed by atoms with van der Waals surface area (Å²) in [5.41, 5.74) is 0.531. The molecule has 1 aromatic heterocycles. The van der Waals surface area contributed by atoms with E-state index in [9.17, 15) is 18.0 Å². The van der Waals surface area contributed by atoms with Crippen LogP contribution in [0.15, 0.2) is 60.8 Å². The van der Waals surface area contributed by atoms with E-state index in [0.29, 0.717) is 13.0 Å². The fourth-order valence-electron chi connectivity index (χ4n) is 3.33. The number of amides is 1. The number of nitrogens with one attached hydrogen (secondary N) is 1. The van der Waals surface area contributed by atoms with Crippen LogP contribution in [0, 0.1) is 5.92 Å². The van der Waals surface area contributed by atoms with Crippen LogP contribution in [0.25, 0.3) is 0 Å². The van der Waals surface area contributed by atoms with Gasteiger partial charge >= 0.3 is 6.18 Å². The van der Waals surface area contributed by atoms with Crippen molar-refractivity contribution in [3.8, 4) is 0 Å². The number of aromatic nitrogens is 3. The number of carbonyl (C=O) groups excluding carboxylic acids is 1. The maximum atomic E-state index is 13.2. The van der Waals surface area contributed by atoms with Crippen LogP contribution in [0.2, 0.25) is 0 Å². The maximum absolute atomic E-state index is 13.2. The van der Waals surface area contributed by atoms with Crippen molar-refractivity contribution >= 4 is 11.7 Å². The Kier molecular flexibility index (Phi) is 4.62. The second-order valence-electron chi connectivity index (χ2n) is 6.81. The molecule has 5 nitrogen and oxygen atoms in total. The van der Waals surface area contributed by atoms with E-state index in [1.165, 1.54) is 12.1 Å². The summed E-state index contributed by atoms with van der Waals surface area (Å²) in [6.45, 7) is 0.509. The van der Waals surface area contributed by atoms with Crippen molar-refractivity contribution in [2.75, 3.05) is 5.32 Å². The second-order valence-corrected chi connectivity index (χ2v) is 6.81. The molecule has 1 aliphatic rings. The zero-order chi connectivity index (χ0) is 19.7. The average Bonchev–Trinajstić information content (AvgIpc) is 3.36. The number of alkyl halides is 3. The first-order valence-electron chi connectivity index (χ1n) is 8.83. The molecule has 4 rings (SSSR count). The first kappa shape index (κ1) is 18.2. The van der Waals surface area contributed by atoms with Gasteiger partial charge < -0.3 is 5.32 Å². The molecule has 1 fully saturated rings. The second kappa shape index (κ2) is 7.10. The fourth-order valence-corrected chi connectivity index (χ4v) is 3.33. The highest BCUT2D eigenvalue weighted by Crippen LogP contribution is 2.51. The molecule has 1 amide bonds. The van der Waals surface area contributed by atoms with Crippen LogP contribution in [-0.4, -0.2) is 20.9 Å². The number of rotatable bonds is 5. The van der Waals surface area contributed by atoms with E-state index in [1.807, 2.05) is 30.3 Å². The fraction of sp³-hybridized carbons (Fsp3) is 0.250. The monoisotopic (exact) mass is 386 g/mol. The lowest BCUT2D eigenvalue weighted by molar-refractivity contribution is -0.138. The van der Waals surface area contributed by atoms with Crippen LogP contribution in [0.1, 0.15) is 29.0 Å². The number of carbonyl (C=O) groups is 1. The maximum Gasteiger partial charge on any atom is 0.416 e. The Hall–Kier alpha value is -3.16. The van der Waals surface area contributed by atoms with Crippen molar-refractivity contribution in [1.82, 2.24) is 15.0 Å². The molecule has 8 heteroatoms. The predicted octanol–water partition coefficient (Wildman–Crippen LogP) is 4.09. The highest BCUT2D eigenvalue weighted by atomic mass is 19.4. The lowest BCUT2D eigenvalue weighted by Gasteiger charge is -2.12. The zero-order valence-electron chi connectivity index (χ0n) is 14.7. The summed E-state index contributed by atoms with van der Waals surface area (Å²) in [5, 5.41) is 10.5. The van der Waals surface area contributed by atoms with Gasteiger partial charge in [-0.2, -0.15) is 13.2 Å². The van der Waals surface area contributed by atoms with Crippen molar-refractivity contribution in [1.29, 1.82) is 0 Å². The van der Waals surface area contributed by atoms with E-state index < -0.39 is 23.6 Å². The summed E-state index contributed by atoms with van der Waals surface area (Å²) in [7, 11) is 0. The van der Waals surface area contributed by atoms with E-state index in [-0.39, 0.29) is 17.3 Å². The van der Waals surface area contributed by atoms with Gasteiger partial charge in [-0.15, -0.1) is 5.10 Å². The summed E-state index contributed by atoms with van der Waals surface area (Å²) >= 11 is 0. The zero-order valence-corrected chi connectivity index (χ0v) is 14.7. The molecule has 0 aliphatic heterocycles. The van der Waals surface area contributed by atoms with Crippen LogP contribution in [0.5, 0.6) is 0 Å². The standard InChI is InChI=1S/C20H17F3N4O/c21-20(22,23)17-9-5-4-8-14(17)15-10-16(15)19(28)24-18-12-27(26-25-18)11-13-6-2-1-3-7-13/h1-9,12,15-16H,10-11H2,(H,24,28)/t15-,16+/m1/s1. The van der Waals surface area contributed by atoms with Gasteiger partial charge in [0, 0.05) is 5.92 Å². The molecule has 144 valence electrons. The van der Waals surface area contributed by atoms with Gasteiger partial charge in [-0.05, 0) is 29.5 Å². The first-order valence-corrected chi connectivity index (χ1v) is 8.83. The van der Waals surface area contributed by atoms with Crippen LogP contribution in [-0.2, 0) is 17.5 Å². The topological polar surface area (TPSA) is 59.8 Å². The highest BCUT2D eigenvalue weighted by molar-refractivity contribution is 5.94. The summed E-state index contributed by atoms with van der Waals surface area (Å²) in [5.74, 6) is -0.982. The quantitative estimate of drug-likeness (QED) is 0.719. The lowest BCUT2D eigenvalue weighted by atomic mass is 10.0. The number of hydrogen-bond acceptors (Lipinski definition) is 3. The summed E-state index contributed by atoms with van der Waals surface area (Å²) in [6, 6.07) is 15.1. The average molecular weight is 386 g/mol. The van der Waals surface area contributed by atoms with Crippen molar-refractivity contribution < 1.29 is 18.0 Å². The van der Waals surface area contributed by atoms with Crippen LogP contribution >= 0.6 is 0 Å². The van der Waals surface area contributed by atoms with Gasteiger partial charge in [0.25, 0.3) is 0 Å². The van der Waals surface area contributed by atoms with Gasteiger partial charge in [-0.3, -0.25) is 4.79 Å². The molecular weight excluding hydrogens is 369 g/mol. The van der Waals surface area contributed by atoms with Crippen molar-refractivity contribution in [3.63, 3.8) is 0 Å². The van der Waals surface area contributed by atoms with Crippen LogP contribution in [0.3, 0.4) is 0 Å². The number of anilines is 1. The molecule has 0 radical (unpaired) electrons. The molecule has 1 heterocycles. The van der Waals surface area contributed by atoms with Crippen LogP contribution in [0.4, 0.5) is 19.0 Å². The van der Waals surface area contributed by atoms with Gasteiger partial charge in [-0.1, -0.05) is 53.7 Å². The van der Waals surface area contributed by atoms with Gasteiger partial charge in [-0.25, -0.2) is 4.68 Å². The van der Waals surface area contributed by atoms with Crippen molar-refractivity contribution in [2.45, 2.75) is 25.1 Å². The Morgan fingerprint density at radius 3 is 2.57 bits per heavy atom. The van der Waals surface area contributed by atoms with Gasteiger partial charge in [0.05, 0.1) is 18.3 Å². The molecule has 0 spiro atoms. The summed E-state index contributed by atoms with van der Waals surface area (Å²) in [4.78, 5) is 12.4. The molecule has 3 aromatic rings. The number of halogens is 3. The third-order valence-electron chi connectivity index (χ3n) is 4.77. The molecule has 0 saturated heterocycles. The number of nitrogens with zero attached hydrogens (tertiary/aromatic N) is 3. The Labute approximate surface area is 159 Å². The minimum atomic E-state index is -4.43. The molecule has 2 aromatic carbocycles. The SMILES string of the molecule is O=C(Nc1cn(Cc2ccccc2)nn1)[C@H]1C[C@@H]1c1ccccc1C(F)(F)F. The van der Waals surface area contributed by atoms with Crippen molar-refractivity contribution in [3.05, 3.63) is 77.5 Å².